The topological polar surface area (TPSA) is 78.9 Å². The Balaban J connectivity index is 4.36. The van der Waals surface area contributed by atoms with Crippen molar-refractivity contribution in [3.05, 3.63) is 122 Å². The molecule has 77 heavy (non-hydrogen) atoms. The van der Waals surface area contributed by atoms with Crippen LogP contribution in [0.1, 0.15) is 290 Å². The predicted molar refractivity (Wildman–Crippen MR) is 334 cm³/mol. The maximum absolute atomic E-state index is 12.9. The molecule has 0 aliphatic rings. The van der Waals surface area contributed by atoms with E-state index in [0.29, 0.717) is 19.3 Å². The molecule has 6 nitrogen and oxygen atoms in total. The van der Waals surface area contributed by atoms with E-state index in [2.05, 4.69) is 142 Å². The minimum absolute atomic E-state index is 0.0914. The molecule has 0 aromatic rings. The van der Waals surface area contributed by atoms with E-state index in [1.807, 2.05) is 0 Å². The quantitative estimate of drug-likeness (QED) is 0.0261. The molecule has 0 aromatic heterocycles. The van der Waals surface area contributed by atoms with Gasteiger partial charge in [-0.15, -0.1) is 0 Å². The zero-order valence-corrected chi connectivity index (χ0v) is 50.2. The van der Waals surface area contributed by atoms with Crippen LogP contribution in [0.2, 0.25) is 0 Å². The number of esters is 3. The number of ether oxygens (including phenoxy) is 3. The summed E-state index contributed by atoms with van der Waals surface area (Å²) in [4.78, 5) is 38.2. The first-order valence-corrected chi connectivity index (χ1v) is 32.0. The summed E-state index contributed by atoms with van der Waals surface area (Å²) in [6.45, 7) is 6.50. The molecule has 0 heterocycles. The third-order valence-electron chi connectivity index (χ3n) is 13.5. The second kappa shape index (κ2) is 64.3. The molecule has 0 N–H and O–H groups in total. The van der Waals surface area contributed by atoms with Gasteiger partial charge in [0.1, 0.15) is 13.2 Å². The van der Waals surface area contributed by atoms with Gasteiger partial charge in [-0.25, -0.2) is 0 Å². The highest BCUT2D eigenvalue weighted by atomic mass is 16.6. The molecule has 0 fully saturated rings. The van der Waals surface area contributed by atoms with Gasteiger partial charge < -0.3 is 14.2 Å². The smallest absolute Gasteiger partial charge is 0.306 e. The van der Waals surface area contributed by atoms with E-state index >= 15 is 0 Å². The summed E-state index contributed by atoms with van der Waals surface area (Å²) in [7, 11) is 0. The highest BCUT2D eigenvalue weighted by Crippen LogP contribution is 2.15. The van der Waals surface area contributed by atoms with Gasteiger partial charge in [0.25, 0.3) is 0 Å². The predicted octanol–water partition coefficient (Wildman–Crippen LogP) is 22.0. The fourth-order valence-corrected chi connectivity index (χ4v) is 8.67. The van der Waals surface area contributed by atoms with Crippen molar-refractivity contribution >= 4 is 17.9 Å². The second-order valence-corrected chi connectivity index (χ2v) is 20.9. The molecule has 0 spiro atoms. The lowest BCUT2D eigenvalue weighted by molar-refractivity contribution is -0.167. The first kappa shape index (κ1) is 72.8. The summed E-state index contributed by atoms with van der Waals surface area (Å²) in [5.74, 6) is -0.930. The SMILES string of the molecule is CC/C=C\C/C=C\C/C=C\C/C=C\C/C=C\C/C=C\C/C=C\C/C=C\C/C=C\CCCCCC(=O)OCC(COC(=O)CCCCCCCCCCCCCC)OC(=O)CCCCCCC/C=C\CCCCCCCCC. The summed E-state index contributed by atoms with van der Waals surface area (Å²) in [6.07, 6.45) is 89.2. The molecule has 0 saturated carbocycles. The van der Waals surface area contributed by atoms with Crippen LogP contribution < -0.4 is 0 Å². The standard InChI is InChI=1S/C71H118O6/c1-4-7-10-13-16-19-22-25-27-29-30-31-32-33-34-35-36-37-38-39-40-41-42-43-45-46-49-52-55-58-61-64-70(73)76-67-68(66-75-69(72)63-60-57-54-51-48-24-21-18-15-12-9-6-3)77-71(74)65-62-59-56-53-50-47-44-28-26-23-20-17-14-11-8-5-2/h7,10,16,19,25,27-28,30-31,33-34,36-37,39-40,42-44,46,49,68H,4-6,8-9,11-15,17-18,20-24,26,29,32,35,38,41,45,47-48,50-67H2,1-3H3/b10-7-,19-16-,27-25-,31-30-,34-33-,37-36-,40-39-,43-42-,44-28-,49-46-. The molecular weight excluding hydrogens is 949 g/mol. The molecule has 1 atom stereocenters. The van der Waals surface area contributed by atoms with Crippen molar-refractivity contribution in [2.24, 2.45) is 0 Å². The molecule has 6 heteroatoms. The fourth-order valence-electron chi connectivity index (χ4n) is 8.67. The van der Waals surface area contributed by atoms with E-state index in [-0.39, 0.29) is 31.1 Å². The van der Waals surface area contributed by atoms with E-state index < -0.39 is 6.10 Å². The van der Waals surface area contributed by atoms with Crippen molar-refractivity contribution in [2.45, 2.75) is 297 Å². The molecule has 0 aromatic carbocycles. The molecular formula is C71H118O6. The van der Waals surface area contributed by atoms with Gasteiger partial charge >= 0.3 is 17.9 Å². The summed E-state index contributed by atoms with van der Waals surface area (Å²) < 4.78 is 16.9. The largest absolute Gasteiger partial charge is 0.462 e. The van der Waals surface area contributed by atoms with Crippen LogP contribution in [-0.2, 0) is 28.6 Å². The maximum Gasteiger partial charge on any atom is 0.306 e. The minimum Gasteiger partial charge on any atom is -0.462 e. The Kier molecular flexibility index (Phi) is 60.8. The fraction of sp³-hybridized carbons (Fsp3) is 0.676. The Morgan fingerprint density at radius 3 is 0.818 bits per heavy atom. The lowest BCUT2D eigenvalue weighted by Gasteiger charge is -2.18. The van der Waals surface area contributed by atoms with Crippen molar-refractivity contribution in [3.63, 3.8) is 0 Å². The molecule has 0 bridgehead atoms. The Hall–Kier alpha value is -4.19. The third-order valence-corrected chi connectivity index (χ3v) is 13.5. The second-order valence-electron chi connectivity index (χ2n) is 20.9. The Labute approximate surface area is 475 Å². The zero-order valence-electron chi connectivity index (χ0n) is 50.2. The van der Waals surface area contributed by atoms with Crippen molar-refractivity contribution in [2.75, 3.05) is 13.2 Å². The normalized spacial score (nSPS) is 12.9. The molecule has 0 rings (SSSR count). The van der Waals surface area contributed by atoms with Crippen LogP contribution in [0.3, 0.4) is 0 Å². The van der Waals surface area contributed by atoms with Crippen molar-refractivity contribution in [1.29, 1.82) is 0 Å². The van der Waals surface area contributed by atoms with E-state index in [4.69, 9.17) is 14.2 Å². The number of unbranched alkanes of at least 4 members (excludes halogenated alkanes) is 26. The van der Waals surface area contributed by atoms with Crippen molar-refractivity contribution < 1.29 is 28.6 Å². The zero-order chi connectivity index (χ0) is 55.7. The van der Waals surface area contributed by atoms with E-state index in [0.717, 1.165) is 135 Å². The highest BCUT2D eigenvalue weighted by Gasteiger charge is 2.19. The van der Waals surface area contributed by atoms with Gasteiger partial charge in [-0.05, 0) is 116 Å². The number of rotatable bonds is 57. The maximum atomic E-state index is 12.9. The van der Waals surface area contributed by atoms with Gasteiger partial charge in [-0.2, -0.15) is 0 Å². The third kappa shape index (κ3) is 62.5. The Morgan fingerprint density at radius 1 is 0.273 bits per heavy atom. The van der Waals surface area contributed by atoms with Gasteiger partial charge in [-0.1, -0.05) is 277 Å². The van der Waals surface area contributed by atoms with E-state index in [9.17, 15) is 14.4 Å². The Bertz CT molecular complexity index is 1600. The lowest BCUT2D eigenvalue weighted by atomic mass is 10.0. The molecule has 0 aliphatic carbocycles. The average molecular weight is 1070 g/mol. The summed E-state index contributed by atoms with van der Waals surface area (Å²) in [5, 5.41) is 0. The monoisotopic (exact) mass is 1070 g/mol. The van der Waals surface area contributed by atoms with Crippen LogP contribution in [0.15, 0.2) is 122 Å². The molecule has 0 radical (unpaired) electrons. The van der Waals surface area contributed by atoms with Gasteiger partial charge in [0.2, 0.25) is 0 Å². The number of allylic oxidation sites excluding steroid dienone is 20. The van der Waals surface area contributed by atoms with Crippen LogP contribution in [0.25, 0.3) is 0 Å². The molecule has 0 amide bonds. The van der Waals surface area contributed by atoms with Gasteiger partial charge in [0, 0.05) is 19.3 Å². The molecule has 0 aliphatic heterocycles. The minimum atomic E-state index is -0.797. The summed E-state index contributed by atoms with van der Waals surface area (Å²) >= 11 is 0. The first-order chi connectivity index (χ1) is 38.0. The van der Waals surface area contributed by atoms with Gasteiger partial charge in [-0.3, -0.25) is 14.4 Å². The number of hydrogen-bond acceptors (Lipinski definition) is 6. The number of carbonyl (C=O) groups is 3. The van der Waals surface area contributed by atoms with E-state index in [1.54, 1.807) is 0 Å². The average Bonchev–Trinajstić information content (AvgIpc) is 3.43. The molecule has 1 unspecified atom stereocenters. The van der Waals surface area contributed by atoms with Gasteiger partial charge in [0.15, 0.2) is 6.10 Å². The number of hydrogen-bond donors (Lipinski definition) is 0. The lowest BCUT2D eigenvalue weighted by Crippen LogP contribution is -2.30. The van der Waals surface area contributed by atoms with Crippen LogP contribution in [-0.4, -0.2) is 37.2 Å². The molecule has 438 valence electrons. The van der Waals surface area contributed by atoms with Crippen LogP contribution >= 0.6 is 0 Å². The van der Waals surface area contributed by atoms with Gasteiger partial charge in [0.05, 0.1) is 0 Å². The van der Waals surface area contributed by atoms with Crippen molar-refractivity contribution in [3.8, 4) is 0 Å². The Morgan fingerprint density at radius 2 is 0.506 bits per heavy atom. The number of carbonyl (C=O) groups excluding carboxylic acids is 3. The summed E-state index contributed by atoms with van der Waals surface area (Å²) in [6, 6.07) is 0. The van der Waals surface area contributed by atoms with Crippen LogP contribution in [0.4, 0.5) is 0 Å². The van der Waals surface area contributed by atoms with Crippen molar-refractivity contribution in [1.82, 2.24) is 0 Å². The van der Waals surface area contributed by atoms with Crippen LogP contribution in [0, 0.1) is 0 Å². The summed E-state index contributed by atoms with van der Waals surface area (Å²) in [5.41, 5.74) is 0. The first-order valence-electron chi connectivity index (χ1n) is 32.0. The van der Waals surface area contributed by atoms with E-state index in [1.165, 1.54) is 116 Å². The van der Waals surface area contributed by atoms with Crippen LogP contribution in [0.5, 0.6) is 0 Å². The highest BCUT2D eigenvalue weighted by molar-refractivity contribution is 5.71. The molecule has 0 saturated heterocycles.